The molecular formula is C15H17Br2N3O. The summed E-state index contributed by atoms with van der Waals surface area (Å²) in [4.78, 5) is 2.57. The minimum atomic E-state index is 0.173. The van der Waals surface area contributed by atoms with Crippen LogP contribution in [-0.2, 0) is 0 Å². The molecule has 4 aliphatic heterocycles. The molecule has 1 N–H and O–H groups in total. The van der Waals surface area contributed by atoms with Crippen LogP contribution in [-0.4, -0.2) is 36.9 Å². The largest absolute Gasteiger partial charge is 0.495 e. The van der Waals surface area contributed by atoms with Crippen molar-refractivity contribution in [1.82, 2.24) is 10.3 Å². The molecule has 4 heterocycles. The van der Waals surface area contributed by atoms with Crippen molar-refractivity contribution in [3.8, 4) is 5.75 Å². The number of methoxy groups -OCH3 is 1. The Kier molecular flexibility index (Phi) is 3.51. The van der Waals surface area contributed by atoms with Crippen LogP contribution in [0.15, 0.2) is 26.2 Å². The molecule has 1 aromatic rings. The minimum absolute atomic E-state index is 0.173. The molecule has 0 radical (unpaired) electrons. The lowest BCUT2D eigenvalue weighted by Crippen LogP contribution is -2.56. The van der Waals surface area contributed by atoms with Crippen LogP contribution in [0.2, 0.25) is 0 Å². The number of nitrogens with one attached hydrogen (secondary N) is 1. The molecule has 5 rings (SSSR count). The smallest absolute Gasteiger partial charge is 0.138 e. The number of rotatable bonds is 2. The highest BCUT2D eigenvalue weighted by Crippen LogP contribution is 2.43. The number of hydrogen-bond acceptors (Lipinski definition) is 4. The summed E-state index contributed by atoms with van der Waals surface area (Å²) in [6.07, 6.45) is 2.51. The molecule has 2 bridgehead atoms. The summed E-state index contributed by atoms with van der Waals surface area (Å²) in [5.74, 6) is 1.56. The first kappa shape index (κ1) is 14.0. The molecule has 0 aliphatic carbocycles. The highest BCUT2D eigenvalue weighted by atomic mass is 79.9. The predicted octanol–water partition coefficient (Wildman–Crippen LogP) is 3.31. The maximum Gasteiger partial charge on any atom is 0.138 e. The van der Waals surface area contributed by atoms with Crippen LogP contribution in [0.3, 0.4) is 0 Å². The molecule has 3 saturated heterocycles. The second-order valence-electron chi connectivity index (χ2n) is 5.91. The zero-order chi connectivity index (χ0) is 14.6. The molecule has 3 fully saturated rings. The average molecular weight is 415 g/mol. The van der Waals surface area contributed by atoms with Crippen molar-refractivity contribution >= 4 is 37.6 Å². The zero-order valence-corrected chi connectivity index (χ0v) is 14.9. The lowest BCUT2D eigenvalue weighted by Gasteiger charge is -2.45. The summed E-state index contributed by atoms with van der Waals surface area (Å²) < 4.78 is 7.65. The predicted molar refractivity (Wildman–Crippen MR) is 89.8 cm³/mol. The topological polar surface area (TPSA) is 36.9 Å². The monoisotopic (exact) mass is 413 g/mol. The summed E-state index contributed by atoms with van der Waals surface area (Å²) in [5.41, 5.74) is 5.87. The Balaban J connectivity index is 1.76. The quantitative estimate of drug-likeness (QED) is 0.806. The second kappa shape index (κ2) is 5.25. The van der Waals surface area contributed by atoms with Gasteiger partial charge in [0.05, 0.1) is 29.4 Å². The molecule has 1 aromatic carbocycles. The average Bonchev–Trinajstić information content (AvgIpc) is 2.94. The number of hydrazone groups is 1. The Labute approximate surface area is 141 Å². The number of piperidine rings is 3. The molecule has 0 aromatic heterocycles. The van der Waals surface area contributed by atoms with Gasteiger partial charge in [0.2, 0.25) is 0 Å². The number of halogens is 2. The first-order valence-corrected chi connectivity index (χ1v) is 8.87. The van der Waals surface area contributed by atoms with Gasteiger partial charge in [-0.3, -0.25) is 4.90 Å². The van der Waals surface area contributed by atoms with Gasteiger partial charge >= 0.3 is 0 Å². The molecule has 4 aliphatic rings. The normalized spacial score (nSPS) is 33.4. The van der Waals surface area contributed by atoms with E-state index in [1.54, 1.807) is 7.11 Å². The van der Waals surface area contributed by atoms with Gasteiger partial charge in [0.15, 0.2) is 0 Å². The van der Waals surface area contributed by atoms with Crippen molar-refractivity contribution in [2.24, 2.45) is 11.0 Å². The summed E-state index contributed by atoms with van der Waals surface area (Å²) in [5, 5.41) is 4.67. The fraction of sp³-hybridized carbons (Fsp3) is 0.533. The molecule has 112 valence electrons. The summed E-state index contributed by atoms with van der Waals surface area (Å²) in [6, 6.07) is 4.72. The van der Waals surface area contributed by atoms with Crippen molar-refractivity contribution < 1.29 is 4.74 Å². The van der Waals surface area contributed by atoms with Gasteiger partial charge in [0.1, 0.15) is 5.75 Å². The van der Waals surface area contributed by atoms with Crippen LogP contribution >= 0.6 is 31.9 Å². The number of fused-ring (bicyclic) bond motifs is 2. The van der Waals surface area contributed by atoms with Crippen LogP contribution < -0.4 is 10.2 Å². The Hall–Kier alpha value is -0.590. The van der Waals surface area contributed by atoms with E-state index in [0.717, 1.165) is 20.3 Å². The number of ether oxygens (including phenoxy) is 1. The molecule has 2 unspecified atom stereocenters. The highest BCUT2D eigenvalue weighted by Gasteiger charge is 2.47. The first-order chi connectivity index (χ1) is 10.2. The van der Waals surface area contributed by atoms with Crippen molar-refractivity contribution in [2.75, 3.05) is 20.2 Å². The molecule has 4 nitrogen and oxygen atoms in total. The third kappa shape index (κ3) is 2.14. The van der Waals surface area contributed by atoms with Crippen LogP contribution in [0.4, 0.5) is 0 Å². The lowest BCUT2D eigenvalue weighted by atomic mass is 9.78. The highest BCUT2D eigenvalue weighted by molar-refractivity contribution is 9.11. The van der Waals surface area contributed by atoms with Crippen molar-refractivity contribution in [3.63, 3.8) is 0 Å². The van der Waals surface area contributed by atoms with Crippen LogP contribution in [0.5, 0.6) is 5.75 Å². The maximum atomic E-state index is 5.63. The molecular weight excluding hydrogens is 398 g/mol. The van der Waals surface area contributed by atoms with Crippen molar-refractivity contribution in [1.29, 1.82) is 0 Å². The van der Waals surface area contributed by atoms with E-state index >= 15 is 0 Å². The van der Waals surface area contributed by atoms with Gasteiger partial charge in [-0.25, -0.2) is 0 Å². The van der Waals surface area contributed by atoms with E-state index in [2.05, 4.69) is 53.4 Å². The van der Waals surface area contributed by atoms with Gasteiger partial charge in [-0.15, -0.1) is 0 Å². The van der Waals surface area contributed by atoms with E-state index in [0.29, 0.717) is 12.0 Å². The number of hydrogen-bond donors (Lipinski definition) is 1. The van der Waals surface area contributed by atoms with E-state index in [1.165, 1.54) is 31.6 Å². The van der Waals surface area contributed by atoms with E-state index in [4.69, 9.17) is 4.74 Å². The first-order valence-electron chi connectivity index (χ1n) is 7.29. The van der Waals surface area contributed by atoms with Gasteiger partial charge in [0, 0.05) is 16.0 Å². The van der Waals surface area contributed by atoms with E-state index in [1.807, 2.05) is 6.07 Å². The molecule has 2 atom stereocenters. The summed E-state index contributed by atoms with van der Waals surface area (Å²) >= 11 is 7.19. The Morgan fingerprint density at radius 1 is 1.29 bits per heavy atom. The van der Waals surface area contributed by atoms with Gasteiger partial charge < -0.3 is 10.2 Å². The minimum Gasteiger partial charge on any atom is -0.495 e. The van der Waals surface area contributed by atoms with Gasteiger partial charge in [0.25, 0.3) is 0 Å². The second-order valence-corrected chi connectivity index (χ2v) is 7.68. The molecule has 0 amide bonds. The Morgan fingerprint density at radius 3 is 2.76 bits per heavy atom. The fourth-order valence-corrected chi connectivity index (χ4v) is 5.34. The van der Waals surface area contributed by atoms with Gasteiger partial charge in [-0.2, -0.15) is 5.10 Å². The molecule has 0 spiro atoms. The van der Waals surface area contributed by atoms with Crippen LogP contribution in [0.25, 0.3) is 0 Å². The van der Waals surface area contributed by atoms with E-state index < -0.39 is 0 Å². The lowest BCUT2D eigenvalue weighted by molar-refractivity contribution is 0.133. The van der Waals surface area contributed by atoms with Crippen molar-refractivity contribution in [3.05, 3.63) is 26.6 Å². The third-order valence-corrected chi connectivity index (χ3v) is 5.92. The molecule has 6 heteroatoms. The standard InChI is InChI=1S/C15H17Br2N3O/c1-21-15-10(6-9(16)7-11(15)17)13-14-12(18-19-13)8-2-4-20(14)5-3-8/h6-8,13-14,19H,2-5H2,1H3. The fourth-order valence-electron chi connectivity index (χ4n) is 3.92. The SMILES string of the molecule is COc1c(Br)cc(Br)cc1C1NN=C2C3CCN(CC3)C21. The third-order valence-electron chi connectivity index (χ3n) is 4.87. The summed E-state index contributed by atoms with van der Waals surface area (Å²) in [6.45, 7) is 2.37. The molecule has 0 saturated carbocycles. The Morgan fingerprint density at radius 2 is 2.05 bits per heavy atom. The van der Waals surface area contributed by atoms with Crippen LogP contribution in [0, 0.1) is 5.92 Å². The zero-order valence-electron chi connectivity index (χ0n) is 11.8. The summed E-state index contributed by atoms with van der Waals surface area (Å²) in [7, 11) is 1.72. The van der Waals surface area contributed by atoms with E-state index in [9.17, 15) is 0 Å². The number of nitrogens with zero attached hydrogens (tertiary/aromatic N) is 2. The number of benzene rings is 1. The van der Waals surface area contributed by atoms with Gasteiger partial charge in [-0.1, -0.05) is 15.9 Å². The molecule has 21 heavy (non-hydrogen) atoms. The van der Waals surface area contributed by atoms with Gasteiger partial charge in [-0.05, 0) is 54.0 Å². The Bertz CT molecular complexity index is 611. The van der Waals surface area contributed by atoms with Crippen LogP contribution in [0.1, 0.15) is 24.4 Å². The maximum absolute atomic E-state index is 5.63. The van der Waals surface area contributed by atoms with Crippen molar-refractivity contribution in [2.45, 2.75) is 24.9 Å². The van der Waals surface area contributed by atoms with E-state index in [-0.39, 0.29) is 6.04 Å².